The van der Waals surface area contributed by atoms with Crippen molar-refractivity contribution in [1.29, 1.82) is 0 Å². The van der Waals surface area contributed by atoms with Gasteiger partial charge >= 0.3 is 0 Å². The molecule has 0 unspecified atom stereocenters. The van der Waals surface area contributed by atoms with Crippen molar-refractivity contribution in [2.45, 2.75) is 6.92 Å². The van der Waals surface area contributed by atoms with Crippen LogP contribution in [0.15, 0.2) is 42.7 Å². The van der Waals surface area contributed by atoms with Gasteiger partial charge in [-0.25, -0.2) is 4.39 Å². The Kier molecular flexibility index (Phi) is 2.77. The van der Waals surface area contributed by atoms with Gasteiger partial charge in [0.05, 0.1) is 5.56 Å². The molecule has 1 heterocycles. The highest BCUT2D eigenvalue weighted by Crippen LogP contribution is 2.14. The first-order valence-corrected chi connectivity index (χ1v) is 4.89. The molecular weight excluding hydrogens is 205 g/mol. The molecule has 0 aliphatic carbocycles. The second-order valence-electron chi connectivity index (χ2n) is 3.55. The lowest BCUT2D eigenvalue weighted by molar-refractivity contribution is 0.103. The lowest BCUT2D eigenvalue weighted by Gasteiger charge is -2.03. The van der Waals surface area contributed by atoms with Crippen molar-refractivity contribution in [2.24, 2.45) is 0 Å². The first kappa shape index (κ1) is 10.5. The minimum atomic E-state index is -0.501. The molecule has 0 radical (unpaired) electrons. The van der Waals surface area contributed by atoms with Gasteiger partial charge in [-0.15, -0.1) is 0 Å². The Bertz CT molecular complexity index is 523. The van der Waals surface area contributed by atoms with Crippen LogP contribution in [0.4, 0.5) is 4.39 Å². The maximum atomic E-state index is 13.5. The van der Waals surface area contributed by atoms with Crippen LogP contribution in [0, 0.1) is 12.7 Å². The van der Waals surface area contributed by atoms with Gasteiger partial charge < -0.3 is 0 Å². The Labute approximate surface area is 92.8 Å². The Balaban J connectivity index is 2.46. The van der Waals surface area contributed by atoms with Crippen LogP contribution in [0.25, 0.3) is 0 Å². The number of nitrogens with zero attached hydrogens (tertiary/aromatic N) is 1. The Hall–Kier alpha value is -2.03. The molecule has 0 amide bonds. The van der Waals surface area contributed by atoms with Gasteiger partial charge in [0.1, 0.15) is 5.82 Å². The van der Waals surface area contributed by atoms with Crippen molar-refractivity contribution < 1.29 is 9.18 Å². The lowest BCUT2D eigenvalue weighted by atomic mass is 10.0. The van der Waals surface area contributed by atoms with Crippen LogP contribution < -0.4 is 0 Å². The molecule has 3 heteroatoms. The maximum absolute atomic E-state index is 13.5. The molecule has 0 aliphatic heterocycles. The van der Waals surface area contributed by atoms with Gasteiger partial charge in [-0.3, -0.25) is 9.78 Å². The third-order valence-electron chi connectivity index (χ3n) is 2.29. The van der Waals surface area contributed by atoms with E-state index in [9.17, 15) is 9.18 Å². The summed E-state index contributed by atoms with van der Waals surface area (Å²) in [5.41, 5.74) is 1.34. The number of aromatic nitrogens is 1. The number of hydrogen-bond acceptors (Lipinski definition) is 2. The quantitative estimate of drug-likeness (QED) is 0.721. The number of benzene rings is 1. The first-order chi connectivity index (χ1) is 7.68. The summed E-state index contributed by atoms with van der Waals surface area (Å²) in [4.78, 5) is 15.8. The molecule has 0 aliphatic rings. The molecule has 0 bridgehead atoms. The Morgan fingerprint density at radius 1 is 1.31 bits per heavy atom. The fourth-order valence-electron chi connectivity index (χ4n) is 1.47. The minimum Gasteiger partial charge on any atom is -0.288 e. The van der Waals surface area contributed by atoms with Gasteiger partial charge in [0.2, 0.25) is 0 Å². The van der Waals surface area contributed by atoms with Crippen molar-refractivity contribution in [1.82, 2.24) is 4.98 Å². The van der Waals surface area contributed by atoms with Crippen LogP contribution >= 0.6 is 0 Å². The number of carbonyl (C=O) groups excluding carboxylic acids is 1. The largest absolute Gasteiger partial charge is 0.288 e. The van der Waals surface area contributed by atoms with Crippen LogP contribution in [0.2, 0.25) is 0 Å². The molecule has 0 N–H and O–H groups in total. The molecular formula is C13H10FNO. The summed E-state index contributed by atoms with van der Waals surface area (Å²) in [6, 6.07) is 7.76. The predicted molar refractivity (Wildman–Crippen MR) is 58.8 cm³/mol. The van der Waals surface area contributed by atoms with E-state index in [1.165, 1.54) is 12.3 Å². The highest BCUT2D eigenvalue weighted by molar-refractivity contribution is 6.09. The monoisotopic (exact) mass is 215 g/mol. The van der Waals surface area contributed by atoms with E-state index in [4.69, 9.17) is 0 Å². The van der Waals surface area contributed by atoms with E-state index in [2.05, 4.69) is 4.98 Å². The third kappa shape index (κ3) is 1.98. The Morgan fingerprint density at radius 3 is 2.81 bits per heavy atom. The molecule has 2 rings (SSSR count). The summed E-state index contributed by atoms with van der Waals surface area (Å²) in [6.45, 7) is 1.82. The third-order valence-corrected chi connectivity index (χ3v) is 2.29. The average Bonchev–Trinajstić information content (AvgIpc) is 2.32. The van der Waals surface area contributed by atoms with Crippen LogP contribution in [0.3, 0.4) is 0 Å². The van der Waals surface area contributed by atoms with Crippen molar-refractivity contribution in [3.8, 4) is 0 Å². The molecule has 0 spiro atoms. The van der Waals surface area contributed by atoms with Gasteiger partial charge in [-0.2, -0.15) is 0 Å². The maximum Gasteiger partial charge on any atom is 0.197 e. The van der Waals surface area contributed by atoms with Gasteiger partial charge in [0.25, 0.3) is 0 Å². The number of ketones is 1. The summed E-state index contributed by atoms with van der Waals surface area (Å²) in [6.07, 6.45) is 3.01. The van der Waals surface area contributed by atoms with Gasteiger partial charge in [-0.1, -0.05) is 11.6 Å². The van der Waals surface area contributed by atoms with E-state index in [0.717, 1.165) is 5.56 Å². The van der Waals surface area contributed by atoms with Crippen LogP contribution in [-0.2, 0) is 0 Å². The molecule has 16 heavy (non-hydrogen) atoms. The number of pyridine rings is 1. The fraction of sp³-hybridized carbons (Fsp3) is 0.0769. The minimum absolute atomic E-state index is 0.0907. The number of aryl methyl sites for hydroxylation is 1. The van der Waals surface area contributed by atoms with Crippen molar-refractivity contribution in [2.75, 3.05) is 0 Å². The SMILES string of the molecule is Cc1ccc(F)c(C(=O)c2cccnc2)c1. The number of carbonyl (C=O) groups is 1. The van der Waals surface area contributed by atoms with Crippen molar-refractivity contribution >= 4 is 5.78 Å². The first-order valence-electron chi connectivity index (χ1n) is 4.89. The molecule has 0 saturated carbocycles. The topological polar surface area (TPSA) is 30.0 Å². The van der Waals surface area contributed by atoms with E-state index in [1.807, 2.05) is 6.92 Å². The summed E-state index contributed by atoms with van der Waals surface area (Å²) in [5.74, 6) is -0.839. The molecule has 80 valence electrons. The van der Waals surface area contributed by atoms with Gasteiger partial charge in [0, 0.05) is 18.0 Å². The molecule has 0 fully saturated rings. The molecule has 0 atom stereocenters. The molecule has 2 aromatic rings. The highest BCUT2D eigenvalue weighted by Gasteiger charge is 2.13. The summed E-state index contributed by atoms with van der Waals surface area (Å²) in [5, 5.41) is 0. The van der Waals surface area contributed by atoms with Crippen LogP contribution in [0.1, 0.15) is 21.5 Å². The van der Waals surface area contributed by atoms with E-state index in [-0.39, 0.29) is 11.3 Å². The number of rotatable bonds is 2. The molecule has 2 nitrogen and oxygen atoms in total. The lowest BCUT2D eigenvalue weighted by Crippen LogP contribution is -2.04. The molecule has 1 aromatic heterocycles. The fourth-order valence-corrected chi connectivity index (χ4v) is 1.47. The average molecular weight is 215 g/mol. The van der Waals surface area contributed by atoms with Gasteiger partial charge in [0.15, 0.2) is 5.78 Å². The highest BCUT2D eigenvalue weighted by atomic mass is 19.1. The molecule has 1 aromatic carbocycles. The normalized spacial score (nSPS) is 10.1. The Morgan fingerprint density at radius 2 is 2.12 bits per heavy atom. The van der Waals surface area contributed by atoms with Crippen molar-refractivity contribution in [3.63, 3.8) is 0 Å². The van der Waals surface area contributed by atoms with Crippen LogP contribution in [0.5, 0.6) is 0 Å². The second kappa shape index (κ2) is 4.23. The zero-order valence-corrected chi connectivity index (χ0v) is 8.77. The van der Waals surface area contributed by atoms with E-state index < -0.39 is 5.82 Å². The zero-order valence-electron chi connectivity index (χ0n) is 8.77. The second-order valence-corrected chi connectivity index (χ2v) is 3.55. The number of halogens is 1. The van der Waals surface area contributed by atoms with E-state index in [1.54, 1.807) is 30.5 Å². The van der Waals surface area contributed by atoms with Gasteiger partial charge in [-0.05, 0) is 31.2 Å². The summed E-state index contributed by atoms with van der Waals surface area (Å²) >= 11 is 0. The smallest absolute Gasteiger partial charge is 0.197 e. The zero-order chi connectivity index (χ0) is 11.5. The standard InChI is InChI=1S/C13H10FNO/c1-9-4-5-12(14)11(7-9)13(16)10-3-2-6-15-8-10/h2-8H,1H3. The number of hydrogen-bond donors (Lipinski definition) is 0. The summed E-state index contributed by atoms with van der Waals surface area (Å²) < 4.78 is 13.5. The molecule has 0 saturated heterocycles. The van der Waals surface area contributed by atoms with E-state index in [0.29, 0.717) is 5.56 Å². The van der Waals surface area contributed by atoms with E-state index >= 15 is 0 Å². The predicted octanol–water partition coefficient (Wildman–Crippen LogP) is 2.76. The summed E-state index contributed by atoms with van der Waals surface area (Å²) in [7, 11) is 0. The van der Waals surface area contributed by atoms with Crippen LogP contribution in [-0.4, -0.2) is 10.8 Å². The van der Waals surface area contributed by atoms with Crippen molar-refractivity contribution in [3.05, 3.63) is 65.2 Å².